The smallest absolute Gasteiger partial charge is 0.0238 e. The van der Waals surface area contributed by atoms with Gasteiger partial charge < -0.3 is 0 Å². The van der Waals surface area contributed by atoms with Crippen molar-refractivity contribution in [2.75, 3.05) is 0 Å². The Hall–Kier alpha value is -1.73. The molecular weight excluding hydrogens is 236 g/mol. The highest BCUT2D eigenvalue weighted by Gasteiger charge is 2.07. The summed E-state index contributed by atoms with van der Waals surface area (Å²) in [6, 6.07) is 25.7. The molecule has 88 valence electrons. The molecule has 0 atom stereocenters. The van der Waals surface area contributed by atoms with E-state index in [1.165, 1.54) is 21.6 Å². The quantitative estimate of drug-likeness (QED) is 0.584. The van der Waals surface area contributed by atoms with Gasteiger partial charge in [-0.05, 0) is 28.8 Å². The van der Waals surface area contributed by atoms with E-state index < -0.39 is 0 Å². The molecule has 1 aromatic carbocycles. The molecule has 0 heterocycles. The lowest BCUT2D eigenvalue weighted by Crippen LogP contribution is -1.79. The maximum absolute atomic E-state index is 2.24. The van der Waals surface area contributed by atoms with Crippen LogP contribution in [0, 0.1) is 0 Å². The maximum Gasteiger partial charge on any atom is 0.0238 e. The van der Waals surface area contributed by atoms with E-state index in [4.69, 9.17) is 0 Å². The number of hydrogen-bond donors (Lipinski definition) is 0. The van der Waals surface area contributed by atoms with E-state index in [1.54, 1.807) is 0 Å². The van der Waals surface area contributed by atoms with E-state index in [1.807, 2.05) is 11.8 Å². The Morgan fingerprint density at radius 1 is 0.667 bits per heavy atom. The fourth-order valence-electron chi connectivity index (χ4n) is 2.08. The minimum atomic E-state index is 1.03. The van der Waals surface area contributed by atoms with Crippen molar-refractivity contribution in [3.8, 4) is 11.1 Å². The summed E-state index contributed by atoms with van der Waals surface area (Å²) in [5, 5.41) is 0. The Bertz CT molecular complexity index is 601. The zero-order chi connectivity index (χ0) is 12.2. The molecule has 1 heteroatoms. The Morgan fingerprint density at radius 3 is 2.22 bits per heavy atom. The number of benzene rings is 1. The van der Waals surface area contributed by atoms with Gasteiger partial charge in [-0.2, -0.15) is 0 Å². The summed E-state index contributed by atoms with van der Waals surface area (Å²) in [5.74, 6) is 1.03. The van der Waals surface area contributed by atoms with E-state index in [2.05, 4.69) is 72.8 Å². The van der Waals surface area contributed by atoms with Gasteiger partial charge in [-0.25, -0.2) is 0 Å². The van der Waals surface area contributed by atoms with Crippen LogP contribution in [0.15, 0.2) is 77.7 Å². The molecule has 0 nitrogen and oxygen atoms in total. The molecule has 0 amide bonds. The first-order valence-corrected chi connectivity index (χ1v) is 7.06. The molecule has 1 aromatic rings. The summed E-state index contributed by atoms with van der Waals surface area (Å²) in [5.41, 5.74) is 4.10. The van der Waals surface area contributed by atoms with Crippen LogP contribution in [0.5, 0.6) is 0 Å². The van der Waals surface area contributed by atoms with E-state index >= 15 is 0 Å². The predicted octanol–water partition coefficient (Wildman–Crippen LogP) is 5.08. The molecule has 0 saturated carbocycles. The molecular formula is C17H14S. The Balaban J connectivity index is 1.81. The van der Waals surface area contributed by atoms with Gasteiger partial charge in [0.25, 0.3) is 0 Å². The molecule has 3 rings (SSSR count). The molecule has 0 bridgehead atoms. The fraction of sp³-hybridized carbons (Fsp3) is 0.0588. The lowest BCUT2D eigenvalue weighted by Gasteiger charge is -2.02. The first kappa shape index (κ1) is 11.4. The van der Waals surface area contributed by atoms with Crippen LogP contribution in [0.4, 0.5) is 0 Å². The average molecular weight is 250 g/mol. The summed E-state index contributed by atoms with van der Waals surface area (Å²) in [6.07, 6.45) is 0. The first-order chi connectivity index (χ1) is 8.93. The van der Waals surface area contributed by atoms with Crippen molar-refractivity contribution in [2.45, 2.75) is 10.6 Å². The van der Waals surface area contributed by atoms with Gasteiger partial charge in [0.15, 0.2) is 0 Å². The van der Waals surface area contributed by atoms with Crippen LogP contribution < -0.4 is 0 Å². The van der Waals surface area contributed by atoms with Crippen molar-refractivity contribution in [3.63, 3.8) is 0 Å². The second-order valence-electron chi connectivity index (χ2n) is 4.24. The van der Waals surface area contributed by atoms with Gasteiger partial charge in [0.05, 0.1) is 0 Å². The largest absolute Gasteiger partial charge is 0.121 e. The normalized spacial score (nSPS) is 10.7. The van der Waals surface area contributed by atoms with Crippen molar-refractivity contribution >= 4 is 11.8 Å². The van der Waals surface area contributed by atoms with Crippen molar-refractivity contribution in [3.05, 3.63) is 78.4 Å². The van der Waals surface area contributed by atoms with Gasteiger partial charge >= 0.3 is 0 Å². The fourth-order valence-corrected chi connectivity index (χ4v) is 3.01. The molecule has 0 aromatic heterocycles. The van der Waals surface area contributed by atoms with E-state index in [0.717, 1.165) is 5.75 Å². The molecule has 2 aliphatic rings. The highest BCUT2D eigenvalue weighted by molar-refractivity contribution is 7.98. The number of hydrogen-bond acceptors (Lipinski definition) is 1. The minimum Gasteiger partial charge on any atom is -0.121 e. The maximum atomic E-state index is 2.24. The molecule has 0 aliphatic heterocycles. The van der Waals surface area contributed by atoms with Crippen LogP contribution in [0.25, 0.3) is 11.1 Å². The molecule has 18 heavy (non-hydrogen) atoms. The van der Waals surface area contributed by atoms with Gasteiger partial charge in [0.1, 0.15) is 0 Å². The van der Waals surface area contributed by atoms with Crippen molar-refractivity contribution < 1.29 is 0 Å². The van der Waals surface area contributed by atoms with E-state index in [9.17, 15) is 0 Å². The van der Waals surface area contributed by atoms with Crippen LogP contribution in [0.1, 0.15) is 5.56 Å². The van der Waals surface area contributed by atoms with E-state index in [0.29, 0.717) is 0 Å². The zero-order valence-corrected chi connectivity index (χ0v) is 10.9. The molecule has 0 unspecified atom stereocenters. The van der Waals surface area contributed by atoms with Gasteiger partial charge in [-0.3, -0.25) is 0 Å². The van der Waals surface area contributed by atoms with Gasteiger partial charge in [-0.1, -0.05) is 60.7 Å². The lowest BCUT2D eigenvalue weighted by molar-refractivity contribution is 1.41. The Morgan fingerprint density at radius 2 is 1.39 bits per heavy atom. The standard InChI is InChI=1S/C17H14S/c1-3-7-14-11-12-15(17(14)10-6-1)13-18-16-8-4-2-5-9-16/h1-12H,13H2. The average Bonchev–Trinajstić information content (AvgIpc) is 2.65. The predicted molar refractivity (Wildman–Crippen MR) is 79.1 cm³/mol. The highest BCUT2D eigenvalue weighted by atomic mass is 32.2. The van der Waals surface area contributed by atoms with Crippen LogP contribution in [0.3, 0.4) is 0 Å². The van der Waals surface area contributed by atoms with E-state index in [-0.39, 0.29) is 0 Å². The molecule has 0 N–H and O–H groups in total. The monoisotopic (exact) mass is 250 g/mol. The summed E-state index contributed by atoms with van der Waals surface area (Å²) in [4.78, 5) is 1.33. The topological polar surface area (TPSA) is 0 Å². The molecule has 2 aliphatic carbocycles. The third-order valence-corrected chi connectivity index (χ3v) is 4.08. The van der Waals surface area contributed by atoms with Crippen LogP contribution in [0.2, 0.25) is 0 Å². The van der Waals surface area contributed by atoms with Gasteiger partial charge in [0, 0.05) is 10.6 Å². The van der Waals surface area contributed by atoms with Crippen LogP contribution in [-0.2, 0) is 5.75 Å². The number of fused-ring (bicyclic) bond motifs is 1. The summed E-state index contributed by atoms with van der Waals surface area (Å²) < 4.78 is 0. The number of rotatable bonds is 3. The summed E-state index contributed by atoms with van der Waals surface area (Å²) in [6.45, 7) is 0. The zero-order valence-electron chi connectivity index (χ0n) is 10.0. The van der Waals surface area contributed by atoms with Crippen molar-refractivity contribution in [1.29, 1.82) is 0 Å². The molecule has 0 saturated heterocycles. The summed E-state index contributed by atoms with van der Waals surface area (Å²) in [7, 11) is 0. The number of thioether (sulfide) groups is 1. The van der Waals surface area contributed by atoms with Gasteiger partial charge in [-0.15, -0.1) is 11.8 Å². The second-order valence-corrected chi connectivity index (χ2v) is 5.29. The summed E-state index contributed by atoms with van der Waals surface area (Å²) >= 11 is 1.89. The minimum absolute atomic E-state index is 1.03. The Labute approximate surface area is 112 Å². The molecule has 0 fully saturated rings. The third-order valence-electron chi connectivity index (χ3n) is 3.02. The highest BCUT2D eigenvalue weighted by Crippen LogP contribution is 2.31. The van der Waals surface area contributed by atoms with Crippen LogP contribution in [-0.4, -0.2) is 0 Å². The van der Waals surface area contributed by atoms with Crippen LogP contribution >= 0.6 is 11.8 Å². The molecule has 0 radical (unpaired) electrons. The van der Waals surface area contributed by atoms with Gasteiger partial charge in [0.2, 0.25) is 0 Å². The second kappa shape index (κ2) is 5.28. The molecule has 0 spiro atoms. The third kappa shape index (κ3) is 2.41. The first-order valence-electron chi connectivity index (χ1n) is 6.08. The van der Waals surface area contributed by atoms with Crippen molar-refractivity contribution in [2.24, 2.45) is 0 Å². The SMILES string of the molecule is c1ccc(SCc2ccc3cccccc2-3)cc1. The van der Waals surface area contributed by atoms with Crippen molar-refractivity contribution in [1.82, 2.24) is 0 Å². The lowest BCUT2D eigenvalue weighted by atomic mass is 10.1. The Kier molecular flexibility index (Phi) is 3.33.